The molecular weight excluding hydrogens is 325 g/mol. The van der Waals surface area contributed by atoms with E-state index in [1.807, 2.05) is 12.1 Å². The molecule has 3 rings (SSSR count). The van der Waals surface area contributed by atoms with Crippen LogP contribution in [0.2, 0.25) is 0 Å². The summed E-state index contributed by atoms with van der Waals surface area (Å²) in [4.78, 5) is 11.2. The first-order chi connectivity index (χ1) is 11.3. The summed E-state index contributed by atoms with van der Waals surface area (Å²) in [6, 6.07) is 5.86. The molecule has 0 amide bonds. The van der Waals surface area contributed by atoms with E-state index in [1.54, 1.807) is 13.0 Å². The first kappa shape index (κ1) is 16.2. The average molecular weight is 338 g/mol. The highest BCUT2D eigenvalue weighted by molar-refractivity contribution is 5.90. The Hall–Kier alpha value is -2.64. The third-order valence-electron chi connectivity index (χ3n) is 3.74. The molecular formula is C16H13F3N2O3. The fourth-order valence-electron chi connectivity index (χ4n) is 2.31. The summed E-state index contributed by atoms with van der Waals surface area (Å²) in [5, 5.41) is 15.4. The summed E-state index contributed by atoms with van der Waals surface area (Å²) in [5.41, 5.74) is -0.162. The van der Waals surface area contributed by atoms with Crippen molar-refractivity contribution in [3.05, 3.63) is 46.6 Å². The Morgan fingerprint density at radius 1 is 1.25 bits per heavy atom. The summed E-state index contributed by atoms with van der Waals surface area (Å²) in [6.07, 6.45) is -2.52. The van der Waals surface area contributed by atoms with Crippen LogP contribution in [0.4, 0.5) is 13.2 Å². The summed E-state index contributed by atoms with van der Waals surface area (Å²) in [5.74, 6) is -1.18. The van der Waals surface area contributed by atoms with Gasteiger partial charge in [-0.15, -0.1) is 10.2 Å². The second-order valence-corrected chi connectivity index (χ2v) is 5.65. The lowest BCUT2D eigenvalue weighted by atomic mass is 10.1. The third-order valence-corrected chi connectivity index (χ3v) is 3.74. The molecule has 0 atom stereocenters. The van der Waals surface area contributed by atoms with Crippen LogP contribution in [-0.2, 0) is 6.18 Å². The average Bonchev–Trinajstić information content (AvgIpc) is 3.33. The van der Waals surface area contributed by atoms with Gasteiger partial charge in [-0.25, -0.2) is 4.79 Å². The van der Waals surface area contributed by atoms with E-state index in [1.165, 1.54) is 0 Å². The van der Waals surface area contributed by atoms with Crippen molar-refractivity contribution >= 4 is 5.97 Å². The number of aromatic nitrogens is 2. The normalized spacial score (nSPS) is 14.5. The largest absolute Gasteiger partial charge is 0.477 e. The second kappa shape index (κ2) is 5.77. The zero-order valence-corrected chi connectivity index (χ0v) is 12.6. The van der Waals surface area contributed by atoms with E-state index in [9.17, 15) is 18.0 Å². The summed E-state index contributed by atoms with van der Waals surface area (Å²) in [7, 11) is 0. The second-order valence-electron chi connectivity index (χ2n) is 5.65. The van der Waals surface area contributed by atoms with Gasteiger partial charge in [-0.1, -0.05) is 12.1 Å². The zero-order valence-electron chi connectivity index (χ0n) is 12.6. The molecule has 1 fully saturated rings. The van der Waals surface area contributed by atoms with Gasteiger partial charge in [0.05, 0.1) is 0 Å². The Bertz CT molecular complexity index is 802. The molecule has 126 valence electrons. The van der Waals surface area contributed by atoms with Crippen LogP contribution in [0, 0.1) is 6.92 Å². The van der Waals surface area contributed by atoms with Crippen LogP contribution in [0.15, 0.2) is 24.3 Å². The van der Waals surface area contributed by atoms with Crippen molar-refractivity contribution in [2.75, 3.05) is 0 Å². The van der Waals surface area contributed by atoms with Crippen molar-refractivity contribution in [2.45, 2.75) is 31.9 Å². The fourth-order valence-corrected chi connectivity index (χ4v) is 2.31. The van der Waals surface area contributed by atoms with Gasteiger partial charge in [0.1, 0.15) is 11.3 Å². The molecule has 5 nitrogen and oxygen atoms in total. The van der Waals surface area contributed by atoms with E-state index < -0.39 is 29.3 Å². The SMILES string of the molecule is Cc1cc(C2CC2)ccc1Oc1nnc(C(F)(F)F)cc1C(=O)O. The Morgan fingerprint density at radius 3 is 2.50 bits per heavy atom. The number of aromatic carboxylic acids is 1. The highest BCUT2D eigenvalue weighted by atomic mass is 19.4. The standard InChI is InChI=1S/C16H13F3N2O3/c1-8-6-10(9-2-3-9)4-5-12(8)24-14-11(15(22)23)7-13(20-21-14)16(17,18)19/h4-7,9H,2-3H2,1H3,(H,22,23). The van der Waals surface area contributed by atoms with Crippen molar-refractivity contribution < 1.29 is 27.8 Å². The van der Waals surface area contributed by atoms with Crippen LogP contribution >= 0.6 is 0 Å². The van der Waals surface area contributed by atoms with E-state index in [0.717, 1.165) is 24.0 Å². The smallest absolute Gasteiger partial charge is 0.435 e. The van der Waals surface area contributed by atoms with E-state index in [4.69, 9.17) is 9.84 Å². The first-order valence-electron chi connectivity index (χ1n) is 7.22. The van der Waals surface area contributed by atoms with Crippen LogP contribution < -0.4 is 4.74 Å². The first-order valence-corrected chi connectivity index (χ1v) is 7.22. The number of rotatable bonds is 4. The lowest BCUT2D eigenvalue weighted by molar-refractivity contribution is -0.141. The fraction of sp³-hybridized carbons (Fsp3) is 0.312. The Balaban J connectivity index is 1.93. The minimum atomic E-state index is -4.78. The maximum Gasteiger partial charge on any atom is 0.435 e. The summed E-state index contributed by atoms with van der Waals surface area (Å²) in [6.45, 7) is 1.78. The van der Waals surface area contributed by atoms with Crippen molar-refractivity contribution in [1.82, 2.24) is 10.2 Å². The molecule has 0 saturated heterocycles. The number of benzene rings is 1. The summed E-state index contributed by atoms with van der Waals surface area (Å²) < 4.78 is 43.3. The number of nitrogens with zero attached hydrogens (tertiary/aromatic N) is 2. The Labute approximate surface area is 135 Å². The molecule has 1 aliphatic rings. The third kappa shape index (κ3) is 3.32. The van der Waals surface area contributed by atoms with E-state index >= 15 is 0 Å². The predicted molar refractivity (Wildman–Crippen MR) is 77.2 cm³/mol. The number of carbonyl (C=O) groups is 1. The molecule has 1 heterocycles. The van der Waals surface area contributed by atoms with Crippen LogP contribution in [0.25, 0.3) is 0 Å². The number of alkyl halides is 3. The molecule has 1 N–H and O–H groups in total. The van der Waals surface area contributed by atoms with Crippen LogP contribution in [0.3, 0.4) is 0 Å². The van der Waals surface area contributed by atoms with Gasteiger partial charge in [0.15, 0.2) is 5.69 Å². The van der Waals surface area contributed by atoms with Gasteiger partial charge in [-0.3, -0.25) is 0 Å². The van der Waals surface area contributed by atoms with Gasteiger partial charge < -0.3 is 9.84 Å². The number of hydrogen-bond acceptors (Lipinski definition) is 4. The minimum absolute atomic E-state index is 0.330. The van der Waals surface area contributed by atoms with Gasteiger partial charge in [0.25, 0.3) is 5.88 Å². The monoisotopic (exact) mass is 338 g/mol. The number of ether oxygens (including phenoxy) is 1. The molecule has 8 heteroatoms. The molecule has 24 heavy (non-hydrogen) atoms. The van der Waals surface area contributed by atoms with Crippen LogP contribution in [0.5, 0.6) is 11.6 Å². The number of hydrogen-bond donors (Lipinski definition) is 1. The lowest BCUT2D eigenvalue weighted by Crippen LogP contribution is -2.13. The van der Waals surface area contributed by atoms with Gasteiger partial charge in [0.2, 0.25) is 0 Å². The minimum Gasteiger partial charge on any atom is -0.477 e. The van der Waals surface area contributed by atoms with E-state index in [0.29, 0.717) is 17.7 Å². The molecule has 0 aliphatic heterocycles. The molecule has 2 aromatic rings. The maximum absolute atomic E-state index is 12.6. The number of carboxylic acids is 1. The van der Waals surface area contributed by atoms with Gasteiger partial charge in [-0.05, 0) is 48.9 Å². The maximum atomic E-state index is 12.6. The zero-order chi connectivity index (χ0) is 17.5. The number of carboxylic acid groups (broad SMARTS) is 1. The number of halogens is 3. The Morgan fingerprint density at radius 2 is 1.96 bits per heavy atom. The van der Waals surface area contributed by atoms with Crippen molar-refractivity contribution in [3.63, 3.8) is 0 Å². The highest BCUT2D eigenvalue weighted by Gasteiger charge is 2.35. The molecule has 0 spiro atoms. The molecule has 1 saturated carbocycles. The van der Waals surface area contributed by atoms with Gasteiger partial charge >= 0.3 is 12.1 Å². The van der Waals surface area contributed by atoms with Crippen molar-refractivity contribution in [3.8, 4) is 11.6 Å². The van der Waals surface area contributed by atoms with Crippen molar-refractivity contribution in [2.24, 2.45) is 0 Å². The molecule has 1 aromatic heterocycles. The predicted octanol–water partition coefficient (Wildman–Crippen LogP) is 4.17. The van der Waals surface area contributed by atoms with E-state index in [2.05, 4.69) is 10.2 Å². The quantitative estimate of drug-likeness (QED) is 0.906. The van der Waals surface area contributed by atoms with E-state index in [-0.39, 0.29) is 0 Å². The van der Waals surface area contributed by atoms with Crippen molar-refractivity contribution in [1.29, 1.82) is 0 Å². The molecule has 1 aliphatic carbocycles. The molecule has 0 radical (unpaired) electrons. The van der Waals surface area contributed by atoms with Gasteiger partial charge in [-0.2, -0.15) is 13.2 Å². The Kier molecular flexibility index (Phi) is 3.90. The van der Waals surface area contributed by atoms with Crippen LogP contribution in [0.1, 0.15) is 45.9 Å². The lowest BCUT2D eigenvalue weighted by Gasteiger charge is -2.12. The topological polar surface area (TPSA) is 72.3 Å². The number of aryl methyl sites for hydroxylation is 1. The highest BCUT2D eigenvalue weighted by Crippen LogP contribution is 2.41. The van der Waals surface area contributed by atoms with Crippen LogP contribution in [-0.4, -0.2) is 21.3 Å². The molecule has 0 bridgehead atoms. The summed E-state index contributed by atoms with van der Waals surface area (Å²) >= 11 is 0. The molecule has 1 aromatic carbocycles. The molecule has 0 unspecified atom stereocenters. The van der Waals surface area contributed by atoms with Gasteiger partial charge in [0, 0.05) is 0 Å².